The summed E-state index contributed by atoms with van der Waals surface area (Å²) >= 11 is 0. The topological polar surface area (TPSA) is 83.7 Å². The molecule has 2 N–H and O–H groups in total. The highest BCUT2D eigenvalue weighted by Gasteiger charge is 2.33. The molecule has 1 fully saturated rings. The maximum absolute atomic E-state index is 13.7. The zero-order valence-electron chi connectivity index (χ0n) is 10.3. The molecule has 0 atom stereocenters. The van der Waals surface area contributed by atoms with Crippen molar-refractivity contribution < 1.29 is 17.6 Å². The van der Waals surface area contributed by atoms with Gasteiger partial charge >= 0.3 is 0 Å². The van der Waals surface area contributed by atoms with Gasteiger partial charge in [-0.1, -0.05) is 0 Å². The first-order valence-electron chi connectivity index (χ1n) is 5.61. The number of piperazine rings is 1. The normalized spacial score (nSPS) is 17.8. The predicted octanol–water partition coefficient (Wildman–Crippen LogP) is -0.129. The van der Waals surface area contributed by atoms with Crippen molar-refractivity contribution in [3.63, 3.8) is 0 Å². The summed E-state index contributed by atoms with van der Waals surface area (Å²) in [5.74, 6) is -1.22. The van der Waals surface area contributed by atoms with Gasteiger partial charge in [0.15, 0.2) is 0 Å². The number of nitrogen functional groups attached to an aromatic ring is 1. The molecule has 1 aromatic carbocycles. The lowest BCUT2D eigenvalue weighted by atomic mass is 10.3. The number of carbonyl (C=O) groups is 1. The van der Waals surface area contributed by atoms with E-state index < -0.39 is 20.7 Å². The van der Waals surface area contributed by atoms with Crippen LogP contribution in [0.2, 0.25) is 0 Å². The number of halogens is 1. The highest BCUT2D eigenvalue weighted by Crippen LogP contribution is 2.22. The molecule has 1 aliphatic rings. The van der Waals surface area contributed by atoms with Gasteiger partial charge in [0, 0.05) is 25.8 Å². The number of carbonyl (C=O) groups excluding carboxylic acids is 1. The second-order valence-corrected chi connectivity index (χ2v) is 6.25. The van der Waals surface area contributed by atoms with Gasteiger partial charge in [-0.05, 0) is 18.2 Å². The van der Waals surface area contributed by atoms with E-state index in [-0.39, 0.29) is 31.2 Å². The second kappa shape index (κ2) is 4.78. The smallest absolute Gasteiger partial charge is 0.246 e. The minimum absolute atomic E-state index is 0.144. The molecule has 1 amide bonds. The average Bonchev–Trinajstić information content (AvgIpc) is 2.32. The van der Waals surface area contributed by atoms with Crippen LogP contribution in [0.15, 0.2) is 23.1 Å². The van der Waals surface area contributed by atoms with E-state index >= 15 is 0 Å². The molecule has 0 radical (unpaired) electrons. The van der Waals surface area contributed by atoms with Crippen LogP contribution >= 0.6 is 0 Å². The molecule has 0 aromatic heterocycles. The lowest BCUT2D eigenvalue weighted by Crippen LogP contribution is -2.50. The third-order valence-electron chi connectivity index (χ3n) is 3.00. The van der Waals surface area contributed by atoms with Crippen LogP contribution in [0.25, 0.3) is 0 Å². The van der Waals surface area contributed by atoms with Gasteiger partial charge in [-0.2, -0.15) is 4.31 Å². The summed E-state index contributed by atoms with van der Waals surface area (Å²) in [6.45, 7) is 0.158. The lowest BCUT2D eigenvalue weighted by Gasteiger charge is -2.31. The predicted molar refractivity (Wildman–Crippen MR) is 67.2 cm³/mol. The monoisotopic (exact) mass is 287 g/mol. The Balaban J connectivity index is 2.35. The first-order chi connectivity index (χ1) is 8.82. The molecule has 0 spiro atoms. The van der Waals surface area contributed by atoms with Crippen LogP contribution in [0.3, 0.4) is 0 Å². The molecule has 1 saturated heterocycles. The molecule has 1 aromatic rings. The Bertz CT molecular complexity index is 618. The SMILES string of the molecule is CN1CCN(S(=O)(=O)c2ccc(N)cc2F)CC1=O. The Morgan fingerprint density at radius 1 is 1.32 bits per heavy atom. The molecule has 0 unspecified atom stereocenters. The molecule has 0 bridgehead atoms. The van der Waals surface area contributed by atoms with E-state index in [4.69, 9.17) is 5.73 Å². The van der Waals surface area contributed by atoms with E-state index in [1.165, 1.54) is 11.0 Å². The van der Waals surface area contributed by atoms with Crippen molar-refractivity contribution in [2.45, 2.75) is 4.90 Å². The van der Waals surface area contributed by atoms with E-state index in [0.29, 0.717) is 0 Å². The number of benzene rings is 1. The quantitative estimate of drug-likeness (QED) is 0.768. The maximum atomic E-state index is 13.7. The number of likely N-dealkylation sites (N-methyl/N-ethyl adjacent to an activating group) is 1. The fourth-order valence-electron chi connectivity index (χ4n) is 1.81. The number of amides is 1. The highest BCUT2D eigenvalue weighted by atomic mass is 32.2. The Kier molecular flexibility index (Phi) is 3.46. The van der Waals surface area contributed by atoms with Gasteiger partial charge in [0.05, 0.1) is 6.54 Å². The van der Waals surface area contributed by atoms with E-state index in [0.717, 1.165) is 16.4 Å². The van der Waals surface area contributed by atoms with Crippen LogP contribution in [-0.4, -0.2) is 50.2 Å². The van der Waals surface area contributed by atoms with Crippen molar-refractivity contribution in [2.24, 2.45) is 0 Å². The molecule has 6 nitrogen and oxygen atoms in total. The number of rotatable bonds is 2. The summed E-state index contributed by atoms with van der Waals surface area (Å²) in [7, 11) is -2.42. The largest absolute Gasteiger partial charge is 0.399 e. The molecule has 19 heavy (non-hydrogen) atoms. The van der Waals surface area contributed by atoms with Crippen LogP contribution in [0.5, 0.6) is 0 Å². The van der Waals surface area contributed by atoms with Crippen molar-refractivity contribution in [1.29, 1.82) is 0 Å². The van der Waals surface area contributed by atoms with Crippen molar-refractivity contribution in [3.8, 4) is 0 Å². The van der Waals surface area contributed by atoms with E-state index in [9.17, 15) is 17.6 Å². The molecule has 8 heteroatoms. The maximum Gasteiger partial charge on any atom is 0.246 e. The summed E-state index contributed by atoms with van der Waals surface area (Å²) in [6.07, 6.45) is 0. The van der Waals surface area contributed by atoms with Gasteiger partial charge in [-0.15, -0.1) is 0 Å². The van der Waals surface area contributed by atoms with Crippen LogP contribution in [0, 0.1) is 5.82 Å². The van der Waals surface area contributed by atoms with E-state index in [1.54, 1.807) is 7.05 Å². The van der Waals surface area contributed by atoms with Crippen molar-refractivity contribution in [2.75, 3.05) is 32.4 Å². The van der Waals surface area contributed by atoms with Gasteiger partial charge in [-0.3, -0.25) is 4.79 Å². The van der Waals surface area contributed by atoms with Gasteiger partial charge in [0.2, 0.25) is 15.9 Å². The van der Waals surface area contributed by atoms with Crippen LogP contribution < -0.4 is 5.73 Å². The van der Waals surface area contributed by atoms with Gasteiger partial charge in [-0.25, -0.2) is 12.8 Å². The van der Waals surface area contributed by atoms with Crippen molar-refractivity contribution in [3.05, 3.63) is 24.0 Å². The number of anilines is 1. The highest BCUT2D eigenvalue weighted by molar-refractivity contribution is 7.89. The number of hydrogen-bond acceptors (Lipinski definition) is 4. The number of sulfonamides is 1. The third kappa shape index (κ3) is 2.54. The van der Waals surface area contributed by atoms with E-state index in [1.807, 2.05) is 0 Å². The molecule has 104 valence electrons. The molecule has 1 aliphatic heterocycles. The Hall–Kier alpha value is -1.67. The van der Waals surface area contributed by atoms with Crippen molar-refractivity contribution >= 4 is 21.6 Å². The summed E-state index contributed by atoms with van der Waals surface area (Å²) < 4.78 is 39.2. The molecule has 0 saturated carbocycles. The minimum atomic E-state index is -4.01. The van der Waals surface area contributed by atoms with Crippen LogP contribution in [0.4, 0.5) is 10.1 Å². The lowest BCUT2D eigenvalue weighted by molar-refractivity contribution is -0.132. The molecule has 0 aliphatic carbocycles. The Labute approximate surface area is 110 Å². The molecule has 1 heterocycles. The Morgan fingerprint density at radius 3 is 2.58 bits per heavy atom. The molecular weight excluding hydrogens is 273 g/mol. The number of nitrogens with two attached hydrogens (primary N) is 1. The average molecular weight is 287 g/mol. The fraction of sp³-hybridized carbons (Fsp3) is 0.364. The van der Waals surface area contributed by atoms with Crippen molar-refractivity contribution in [1.82, 2.24) is 9.21 Å². The van der Waals surface area contributed by atoms with Gasteiger partial charge < -0.3 is 10.6 Å². The zero-order chi connectivity index (χ0) is 14.2. The van der Waals surface area contributed by atoms with Crippen LogP contribution in [0.1, 0.15) is 0 Å². The fourth-order valence-corrected chi connectivity index (χ4v) is 3.23. The summed E-state index contributed by atoms with van der Waals surface area (Å²) in [5.41, 5.74) is 5.52. The van der Waals surface area contributed by atoms with Crippen LogP contribution in [-0.2, 0) is 14.8 Å². The number of hydrogen-bond donors (Lipinski definition) is 1. The molecular formula is C11H14FN3O3S. The summed E-state index contributed by atoms with van der Waals surface area (Å²) in [6, 6.07) is 3.38. The molecule has 2 rings (SSSR count). The van der Waals surface area contributed by atoms with E-state index in [2.05, 4.69) is 0 Å². The van der Waals surface area contributed by atoms with Gasteiger partial charge in [0.1, 0.15) is 10.7 Å². The zero-order valence-corrected chi connectivity index (χ0v) is 11.2. The first kappa shape index (κ1) is 13.8. The standard InChI is InChI=1S/C11H14FN3O3S/c1-14-4-5-15(7-11(14)16)19(17,18)10-3-2-8(13)6-9(10)12/h2-3,6H,4-5,7,13H2,1H3. The summed E-state index contributed by atoms with van der Waals surface area (Å²) in [4.78, 5) is 12.5. The second-order valence-electron chi connectivity index (χ2n) is 4.34. The Morgan fingerprint density at radius 2 is 2.00 bits per heavy atom. The third-order valence-corrected chi connectivity index (χ3v) is 4.87. The minimum Gasteiger partial charge on any atom is -0.399 e. The first-order valence-corrected chi connectivity index (χ1v) is 7.05. The summed E-state index contributed by atoms with van der Waals surface area (Å²) in [5, 5.41) is 0. The van der Waals surface area contributed by atoms with Gasteiger partial charge in [0.25, 0.3) is 0 Å². The number of nitrogens with zero attached hydrogens (tertiary/aromatic N) is 2.